The monoisotopic (exact) mass is 644 g/mol. The van der Waals surface area contributed by atoms with Gasteiger partial charge in [0.25, 0.3) is 5.91 Å². The molecule has 1 fully saturated rings. The summed E-state index contributed by atoms with van der Waals surface area (Å²) >= 11 is 0. The highest BCUT2D eigenvalue weighted by atomic mass is 19.4. The first-order valence-corrected chi connectivity index (χ1v) is 15.4. The van der Waals surface area contributed by atoms with E-state index in [4.69, 9.17) is 4.98 Å². The van der Waals surface area contributed by atoms with E-state index in [-0.39, 0.29) is 42.1 Å². The summed E-state index contributed by atoms with van der Waals surface area (Å²) < 4.78 is 44.9. The number of carbonyl (C=O) groups is 1. The number of fused-ring (bicyclic) bond motifs is 1. The van der Waals surface area contributed by atoms with Crippen molar-refractivity contribution in [2.24, 2.45) is 13.0 Å². The smallest absolute Gasteiger partial charge is 0.389 e. The molecule has 1 amide bonds. The topological polar surface area (TPSA) is 132 Å². The molecule has 47 heavy (non-hydrogen) atoms. The summed E-state index contributed by atoms with van der Waals surface area (Å²) in [4.78, 5) is 19.9. The Hall–Kier alpha value is -4.80. The fourth-order valence-electron chi connectivity index (χ4n) is 5.81. The SMILES string of the molecule is Cn1cnnc1-c1ccc(C#N)cc1-c1cc(NCCC2CC2)nc(N2Cc3c(cc(CNCC(C)(C)O)cc3C(F)(F)F)C2=O)c1. The fourth-order valence-corrected chi connectivity index (χ4v) is 5.81. The standard InChI is InChI=1S/C34H35F3N8O2/c1-33(2,47)18-39-16-22-11-26-27(28(12-22)34(35,36)37)17-45(32(26)46)30-14-23(13-29(42-30)40-9-8-20-4-5-20)25-10-21(15-38)6-7-24(25)31-43-41-19-44(31)3/h6-7,10-14,19-20,39,47H,4-5,8-9,16-18H2,1-3H3,(H,40,42). The zero-order valence-electron chi connectivity index (χ0n) is 26.3. The number of amides is 1. The maximum atomic E-state index is 14.4. The molecule has 2 aromatic carbocycles. The van der Waals surface area contributed by atoms with E-state index in [1.165, 1.54) is 23.8 Å². The number of halogens is 3. The highest BCUT2D eigenvalue weighted by molar-refractivity contribution is 6.10. The molecule has 0 radical (unpaired) electrons. The van der Waals surface area contributed by atoms with Crippen molar-refractivity contribution in [3.05, 3.63) is 76.6 Å². The summed E-state index contributed by atoms with van der Waals surface area (Å²) in [6, 6.07) is 13.3. The van der Waals surface area contributed by atoms with Crippen molar-refractivity contribution in [2.75, 3.05) is 23.3 Å². The average Bonchev–Trinajstić information content (AvgIpc) is 3.65. The molecule has 6 rings (SSSR count). The Morgan fingerprint density at radius 2 is 1.87 bits per heavy atom. The third-order valence-electron chi connectivity index (χ3n) is 8.35. The van der Waals surface area contributed by atoms with E-state index < -0.39 is 23.2 Å². The Morgan fingerprint density at radius 3 is 2.53 bits per heavy atom. The summed E-state index contributed by atoms with van der Waals surface area (Å²) in [5, 5.41) is 34.3. The van der Waals surface area contributed by atoms with Gasteiger partial charge in [-0.1, -0.05) is 12.8 Å². The molecular formula is C34H35F3N8O2. The van der Waals surface area contributed by atoms with Crippen LogP contribution in [0.15, 0.2) is 48.8 Å². The molecule has 3 heterocycles. The Kier molecular flexibility index (Phi) is 8.50. The molecule has 0 saturated heterocycles. The fraction of sp³-hybridized carbons (Fsp3) is 0.382. The minimum absolute atomic E-state index is 0.0382. The zero-order valence-corrected chi connectivity index (χ0v) is 26.3. The summed E-state index contributed by atoms with van der Waals surface area (Å²) in [6.07, 6.45) is 0.176. The van der Waals surface area contributed by atoms with Crippen LogP contribution in [0.3, 0.4) is 0 Å². The number of aliphatic hydroxyl groups is 1. The number of hydrogen-bond acceptors (Lipinski definition) is 8. The third-order valence-corrected chi connectivity index (χ3v) is 8.35. The number of rotatable bonds is 11. The lowest BCUT2D eigenvalue weighted by Gasteiger charge is -2.19. The molecule has 0 unspecified atom stereocenters. The van der Waals surface area contributed by atoms with Crippen LogP contribution < -0.4 is 15.5 Å². The van der Waals surface area contributed by atoms with Gasteiger partial charge in [-0.05, 0) is 90.9 Å². The van der Waals surface area contributed by atoms with Gasteiger partial charge >= 0.3 is 6.18 Å². The molecule has 1 aliphatic carbocycles. The number of nitrogens with one attached hydrogen (secondary N) is 2. The van der Waals surface area contributed by atoms with Crippen molar-refractivity contribution in [3.8, 4) is 28.6 Å². The van der Waals surface area contributed by atoms with Crippen molar-refractivity contribution >= 4 is 17.5 Å². The largest absolute Gasteiger partial charge is 0.416 e. The van der Waals surface area contributed by atoms with Gasteiger partial charge in [0, 0.05) is 37.8 Å². The molecule has 0 spiro atoms. The summed E-state index contributed by atoms with van der Waals surface area (Å²) in [5.74, 6) is 1.25. The van der Waals surface area contributed by atoms with E-state index in [0.717, 1.165) is 12.5 Å². The highest BCUT2D eigenvalue weighted by Crippen LogP contribution is 2.41. The van der Waals surface area contributed by atoms with Crippen LogP contribution in [0, 0.1) is 17.2 Å². The van der Waals surface area contributed by atoms with E-state index in [0.29, 0.717) is 46.4 Å². The lowest BCUT2D eigenvalue weighted by molar-refractivity contribution is -0.138. The van der Waals surface area contributed by atoms with Crippen LogP contribution in [0.5, 0.6) is 0 Å². The van der Waals surface area contributed by atoms with Crippen LogP contribution in [-0.2, 0) is 26.3 Å². The molecule has 2 aliphatic rings. The molecule has 4 aromatic rings. The number of nitrogens with zero attached hydrogens (tertiary/aromatic N) is 6. The second kappa shape index (κ2) is 12.4. The first-order valence-electron chi connectivity index (χ1n) is 15.4. The predicted molar refractivity (Wildman–Crippen MR) is 170 cm³/mol. The van der Waals surface area contributed by atoms with Crippen LogP contribution in [-0.4, -0.2) is 49.5 Å². The van der Waals surface area contributed by atoms with Crippen molar-refractivity contribution in [1.29, 1.82) is 5.26 Å². The van der Waals surface area contributed by atoms with Crippen molar-refractivity contribution in [3.63, 3.8) is 0 Å². The maximum absolute atomic E-state index is 14.4. The van der Waals surface area contributed by atoms with Gasteiger partial charge in [0.2, 0.25) is 0 Å². The van der Waals surface area contributed by atoms with E-state index in [9.17, 15) is 28.3 Å². The van der Waals surface area contributed by atoms with E-state index in [1.54, 1.807) is 56.1 Å². The van der Waals surface area contributed by atoms with Crippen LogP contribution in [0.25, 0.3) is 22.5 Å². The lowest BCUT2D eigenvalue weighted by atomic mass is 9.97. The molecule has 10 nitrogen and oxygen atoms in total. The normalized spacial score (nSPS) is 14.8. The van der Waals surface area contributed by atoms with Crippen molar-refractivity contribution in [1.82, 2.24) is 25.1 Å². The summed E-state index contributed by atoms with van der Waals surface area (Å²) in [5.41, 5.74) is 0.511. The van der Waals surface area contributed by atoms with E-state index in [1.807, 2.05) is 6.07 Å². The quantitative estimate of drug-likeness (QED) is 0.190. The highest BCUT2D eigenvalue weighted by Gasteiger charge is 2.41. The first kappa shape index (κ1) is 32.2. The molecule has 13 heteroatoms. The molecule has 2 aromatic heterocycles. The van der Waals surface area contributed by atoms with Gasteiger partial charge < -0.3 is 20.3 Å². The number of alkyl halides is 3. The van der Waals surface area contributed by atoms with Gasteiger partial charge in [0.05, 0.1) is 29.3 Å². The third kappa shape index (κ3) is 7.13. The minimum Gasteiger partial charge on any atom is -0.389 e. The van der Waals surface area contributed by atoms with Crippen molar-refractivity contribution < 1.29 is 23.1 Å². The predicted octanol–water partition coefficient (Wildman–Crippen LogP) is 5.67. The van der Waals surface area contributed by atoms with Gasteiger partial charge in [-0.3, -0.25) is 9.69 Å². The molecular weight excluding hydrogens is 609 g/mol. The number of aryl methyl sites for hydroxylation is 1. The van der Waals surface area contributed by atoms with Gasteiger partial charge in [-0.25, -0.2) is 4.98 Å². The van der Waals surface area contributed by atoms with Gasteiger partial charge in [0.15, 0.2) is 5.82 Å². The summed E-state index contributed by atoms with van der Waals surface area (Å²) in [7, 11) is 1.80. The Morgan fingerprint density at radius 1 is 1.09 bits per heavy atom. The number of anilines is 2. The molecule has 3 N–H and O–H groups in total. The Bertz CT molecular complexity index is 1870. The number of nitriles is 1. The molecule has 0 atom stereocenters. The number of benzene rings is 2. The number of pyridine rings is 1. The maximum Gasteiger partial charge on any atom is 0.416 e. The first-order chi connectivity index (χ1) is 22.3. The number of aromatic nitrogens is 4. The van der Waals surface area contributed by atoms with Gasteiger partial charge in [-0.15, -0.1) is 10.2 Å². The molecule has 1 saturated carbocycles. The Balaban J connectivity index is 1.42. The van der Waals surface area contributed by atoms with Crippen molar-refractivity contribution in [2.45, 2.75) is 58.0 Å². The minimum atomic E-state index is -4.69. The van der Waals surface area contributed by atoms with Gasteiger partial charge in [-0.2, -0.15) is 18.4 Å². The molecule has 1 aliphatic heterocycles. The molecule has 0 bridgehead atoms. The average molecular weight is 645 g/mol. The van der Waals surface area contributed by atoms with E-state index >= 15 is 0 Å². The van der Waals surface area contributed by atoms with Gasteiger partial charge in [0.1, 0.15) is 18.0 Å². The lowest BCUT2D eigenvalue weighted by Crippen LogP contribution is -2.34. The van der Waals surface area contributed by atoms with Crippen LogP contribution in [0.2, 0.25) is 0 Å². The summed E-state index contributed by atoms with van der Waals surface area (Å²) in [6.45, 7) is 3.70. The zero-order chi connectivity index (χ0) is 33.5. The second-order valence-corrected chi connectivity index (χ2v) is 12.9. The van der Waals surface area contributed by atoms with E-state index in [2.05, 4.69) is 26.9 Å². The van der Waals surface area contributed by atoms with Crippen LogP contribution in [0.1, 0.15) is 65.7 Å². The van der Waals surface area contributed by atoms with Crippen LogP contribution in [0.4, 0.5) is 24.8 Å². The number of carbonyl (C=O) groups excluding carboxylic acids is 1. The molecule has 244 valence electrons. The van der Waals surface area contributed by atoms with Crippen LogP contribution >= 0.6 is 0 Å². The Labute approximate surface area is 270 Å². The second-order valence-electron chi connectivity index (χ2n) is 12.9. The number of hydrogen-bond donors (Lipinski definition) is 3.